The molecule has 16 nitrogen and oxygen atoms in total. The van der Waals surface area contributed by atoms with Crippen molar-refractivity contribution in [3.8, 4) is 0 Å². The number of piperazine rings is 2. The van der Waals surface area contributed by atoms with Gasteiger partial charge in [0.25, 0.3) is 0 Å². The van der Waals surface area contributed by atoms with Crippen molar-refractivity contribution in [3.05, 3.63) is 143 Å². The number of aromatic amines is 1. The van der Waals surface area contributed by atoms with E-state index in [1.165, 1.54) is 10.5 Å². The zero-order chi connectivity index (χ0) is 55.5. The normalized spacial score (nSPS) is 20.2. The monoisotopic (exact) mass is 1220 g/mol. The summed E-state index contributed by atoms with van der Waals surface area (Å²) in [6.07, 6.45) is 10.2. The first-order valence-electron chi connectivity index (χ1n) is 26.2. The minimum Gasteiger partial charge on any atom is -0.480 e. The van der Waals surface area contributed by atoms with Crippen molar-refractivity contribution in [1.29, 1.82) is 0 Å². The summed E-state index contributed by atoms with van der Waals surface area (Å²) in [5.74, 6) is -0.758. The molecule has 2 aliphatic carbocycles. The molecule has 412 valence electrons. The number of hydrogen-bond acceptors (Lipinski definition) is 11. The van der Waals surface area contributed by atoms with Crippen molar-refractivity contribution in [3.63, 3.8) is 0 Å². The fourth-order valence-corrected chi connectivity index (χ4v) is 12.0. The summed E-state index contributed by atoms with van der Waals surface area (Å²) in [5, 5.41) is 14.5. The Balaban J connectivity index is 0.000000212. The molecule has 2 aliphatic heterocycles. The van der Waals surface area contributed by atoms with Crippen LogP contribution >= 0.6 is 55.1 Å². The van der Waals surface area contributed by atoms with E-state index in [0.717, 1.165) is 85.9 Å². The highest BCUT2D eigenvalue weighted by Crippen LogP contribution is 2.41. The molecule has 3 unspecified atom stereocenters. The van der Waals surface area contributed by atoms with Crippen LogP contribution in [0, 0.1) is 5.92 Å². The number of carbonyl (C=O) groups excluding carboxylic acids is 3. The Morgan fingerprint density at radius 3 is 1.61 bits per heavy atom. The van der Waals surface area contributed by atoms with Crippen molar-refractivity contribution in [2.45, 2.75) is 129 Å². The van der Waals surface area contributed by atoms with Crippen molar-refractivity contribution in [1.82, 2.24) is 44.9 Å². The van der Waals surface area contributed by atoms with Gasteiger partial charge in [0.15, 0.2) is 0 Å². The summed E-state index contributed by atoms with van der Waals surface area (Å²) in [7, 11) is 0. The molecule has 4 aliphatic rings. The fraction of sp³-hybridized carbons (Fsp3) is 0.491. The maximum atomic E-state index is 14.1. The van der Waals surface area contributed by atoms with Crippen molar-refractivity contribution < 1.29 is 33.8 Å². The van der Waals surface area contributed by atoms with E-state index in [1.807, 2.05) is 63.5 Å². The van der Waals surface area contributed by atoms with Crippen molar-refractivity contribution in [2.75, 3.05) is 45.8 Å². The number of carboxylic acids is 1. The predicted molar refractivity (Wildman–Crippen MR) is 303 cm³/mol. The third-order valence-corrected chi connectivity index (χ3v) is 15.6. The van der Waals surface area contributed by atoms with E-state index in [9.17, 15) is 24.3 Å². The number of nitrogens with one attached hydrogen (secondary N) is 2. The number of halogens is 4. The molecular weight excluding hydrogens is 1150 g/mol. The minimum absolute atomic E-state index is 0.0733. The molecule has 2 saturated heterocycles. The van der Waals surface area contributed by atoms with Crippen LogP contribution in [-0.4, -0.2) is 138 Å². The van der Waals surface area contributed by atoms with Crippen LogP contribution in [0.3, 0.4) is 0 Å². The van der Waals surface area contributed by atoms with Gasteiger partial charge in [0.05, 0.1) is 29.8 Å². The Kier molecular flexibility index (Phi) is 18.5. The maximum absolute atomic E-state index is 14.1. The molecule has 0 radical (unpaired) electrons. The van der Waals surface area contributed by atoms with Crippen LogP contribution in [0.4, 0.5) is 9.59 Å². The molecule has 3 aromatic heterocycles. The van der Waals surface area contributed by atoms with Crippen LogP contribution in [0.15, 0.2) is 82.4 Å². The second kappa shape index (κ2) is 24.5. The lowest BCUT2D eigenvalue weighted by Crippen LogP contribution is -2.62. The topological polar surface area (TPSA) is 186 Å². The van der Waals surface area contributed by atoms with Gasteiger partial charge in [-0.15, -0.1) is 0 Å². The summed E-state index contributed by atoms with van der Waals surface area (Å²) in [5.41, 5.74) is 8.24. The van der Waals surface area contributed by atoms with Crippen LogP contribution < -0.4 is 5.32 Å². The molecule has 2 aromatic carbocycles. The van der Waals surface area contributed by atoms with E-state index < -0.39 is 41.4 Å². The van der Waals surface area contributed by atoms with Gasteiger partial charge < -0.3 is 24.9 Å². The Morgan fingerprint density at radius 1 is 0.701 bits per heavy atom. The average molecular weight is 1220 g/mol. The highest BCUT2D eigenvalue weighted by molar-refractivity contribution is 9.10. The SMILES string of the molecule is CC(C)(C)OC(=O)N1CCN(C2c3ccc(Cl)cc3CCc3cc(Br)cnc32)C[C@@H]1C(=O)O.CC(C)CC(CNC(=O)[C@H]1CN(C2c3ccc(Cl)cc3CCc3cc(Br)cnc32)CCN1C(=O)OC(C)(C)C)c1cnc[nH]1. The fourth-order valence-electron chi connectivity index (χ4n) is 10.9. The smallest absolute Gasteiger partial charge is 0.411 e. The number of benzene rings is 2. The number of aryl methyl sites for hydroxylation is 4. The van der Waals surface area contributed by atoms with Gasteiger partial charge in [-0.05, 0) is 181 Å². The molecular formula is C57H69Br2Cl2N9O7. The van der Waals surface area contributed by atoms with E-state index >= 15 is 0 Å². The molecule has 0 bridgehead atoms. The Morgan fingerprint density at radius 2 is 1.17 bits per heavy atom. The summed E-state index contributed by atoms with van der Waals surface area (Å²) in [4.78, 5) is 76.8. The van der Waals surface area contributed by atoms with Gasteiger partial charge in [0, 0.05) is 95.0 Å². The van der Waals surface area contributed by atoms with Gasteiger partial charge in [-0.2, -0.15) is 0 Å². The summed E-state index contributed by atoms with van der Waals surface area (Å²) < 4.78 is 13.1. The molecule has 2 fully saturated rings. The zero-order valence-corrected chi connectivity index (χ0v) is 49.6. The second-order valence-corrected chi connectivity index (χ2v) is 25.4. The van der Waals surface area contributed by atoms with Crippen molar-refractivity contribution >= 4 is 79.1 Å². The van der Waals surface area contributed by atoms with Gasteiger partial charge in [-0.25, -0.2) is 19.4 Å². The number of aromatic nitrogens is 4. The maximum Gasteiger partial charge on any atom is 0.411 e. The number of aliphatic carboxylic acids is 1. The predicted octanol–water partition coefficient (Wildman–Crippen LogP) is 11.0. The first kappa shape index (κ1) is 58.0. The number of ether oxygens (including phenoxy) is 2. The lowest BCUT2D eigenvalue weighted by molar-refractivity contribution is -0.146. The third kappa shape index (κ3) is 14.4. The first-order chi connectivity index (χ1) is 36.4. The number of carboxylic acid groups (broad SMARTS) is 1. The van der Waals surface area contributed by atoms with Gasteiger partial charge in [0.1, 0.15) is 23.3 Å². The van der Waals surface area contributed by atoms with Gasteiger partial charge in [-0.1, -0.05) is 49.2 Å². The molecule has 20 heteroatoms. The van der Waals surface area contributed by atoms with Gasteiger partial charge in [0.2, 0.25) is 5.91 Å². The van der Waals surface area contributed by atoms with Crippen LogP contribution in [-0.2, 0) is 44.7 Å². The minimum atomic E-state index is -1.06. The number of nitrogens with zero attached hydrogens (tertiary/aromatic N) is 7. The number of amides is 3. The number of imidazole rings is 1. The molecule has 5 atom stereocenters. The Labute approximate surface area is 478 Å². The quantitative estimate of drug-likeness (QED) is 0.127. The van der Waals surface area contributed by atoms with E-state index in [-0.39, 0.29) is 37.0 Å². The standard InChI is InChI=1S/C33H42BrClN6O3.C24H27BrClN3O4/c1-20(2)12-23(27-17-36-19-39-27)15-38-31(42)28-18-40(10-11-41(28)32(43)44-33(3,4)5)30-26-9-8-25(35)14-21(26)6-7-22-13-24(34)16-37-29(22)30;1-24(2,3)33-23(32)29-9-8-28(13-19(29)22(30)31)21-18-7-6-17(26)11-14(18)4-5-15-10-16(25)12-27-20(15)21/h8-9,13-14,16-17,19-20,23,28,30H,6-7,10-12,15,18H2,1-5H3,(H,36,39)(H,38,42);6-7,10-12,19,21H,4-5,8-9,13H2,1-3H3,(H,30,31)/t23?,28-,30?;19-,21?/m11/s1. The number of fused-ring (bicyclic) bond motifs is 4. The number of hydrogen-bond donors (Lipinski definition) is 3. The summed E-state index contributed by atoms with van der Waals surface area (Å²) in [6.45, 7) is 17.7. The molecule has 5 aromatic rings. The molecule has 9 rings (SSSR count). The molecule has 5 heterocycles. The molecule has 0 spiro atoms. The molecule has 3 amide bonds. The molecule has 3 N–H and O–H groups in total. The second-order valence-electron chi connectivity index (χ2n) is 22.7. The Hall–Kier alpha value is -5.11. The number of rotatable bonds is 9. The lowest BCUT2D eigenvalue weighted by atomic mass is 9.94. The van der Waals surface area contributed by atoms with Gasteiger partial charge >= 0.3 is 18.2 Å². The van der Waals surface area contributed by atoms with E-state index in [2.05, 4.69) is 89.0 Å². The zero-order valence-electron chi connectivity index (χ0n) is 44.9. The highest BCUT2D eigenvalue weighted by atomic mass is 79.9. The van der Waals surface area contributed by atoms with Crippen LogP contribution in [0.5, 0.6) is 0 Å². The third-order valence-electron chi connectivity index (χ3n) is 14.2. The molecule has 77 heavy (non-hydrogen) atoms. The molecule has 0 saturated carbocycles. The number of pyridine rings is 2. The van der Waals surface area contributed by atoms with E-state index in [4.69, 9.17) is 42.6 Å². The van der Waals surface area contributed by atoms with Crippen molar-refractivity contribution in [2.24, 2.45) is 5.92 Å². The van der Waals surface area contributed by atoms with Crippen LogP contribution in [0.25, 0.3) is 0 Å². The average Bonchev–Trinajstić information content (AvgIpc) is 3.94. The van der Waals surface area contributed by atoms with E-state index in [1.54, 1.807) is 38.2 Å². The highest BCUT2D eigenvalue weighted by Gasteiger charge is 2.44. The number of carbonyl (C=O) groups is 4. The summed E-state index contributed by atoms with van der Waals surface area (Å²) >= 11 is 19.9. The van der Waals surface area contributed by atoms with Crippen LogP contribution in [0.1, 0.15) is 130 Å². The van der Waals surface area contributed by atoms with E-state index in [0.29, 0.717) is 48.7 Å². The van der Waals surface area contributed by atoms with Gasteiger partial charge in [-0.3, -0.25) is 34.4 Å². The first-order valence-corrected chi connectivity index (χ1v) is 28.6. The Bertz CT molecular complexity index is 2840. The largest absolute Gasteiger partial charge is 0.480 e. The summed E-state index contributed by atoms with van der Waals surface area (Å²) in [6, 6.07) is 13.9. The van der Waals surface area contributed by atoms with Crippen LogP contribution in [0.2, 0.25) is 10.0 Å². The lowest BCUT2D eigenvalue weighted by Gasteiger charge is -2.44. The number of H-pyrrole nitrogens is 1.